The number of urea groups is 1. The van der Waals surface area contributed by atoms with Crippen molar-refractivity contribution < 1.29 is 33.8 Å². The monoisotopic (exact) mass is 638 g/mol. The number of rotatable bonds is 12. The molecule has 2 aromatic rings. The normalized spacial score (nSPS) is 15.7. The zero-order valence-corrected chi connectivity index (χ0v) is 26.1. The standard InChI is InChI=1S/C31H42N8O7/c1-2-3-7-20-46-31(45)39-18-14-37(15-19-39)29(43)23(10-11-26(40)41)34-28(42)24-21-25(36-12-16-38(17-13-36)30(32)44)35-27(33-24)22-8-5-4-6-9-22/h4-6,8-9,21,23H,2-3,7,10-20H2,1H3,(H2,32,44)(H,34,42)(H,40,41)/t23-/m0/s1. The highest BCUT2D eigenvalue weighted by atomic mass is 16.6. The van der Waals surface area contributed by atoms with Crippen LogP contribution in [0.25, 0.3) is 11.4 Å². The fourth-order valence-corrected chi connectivity index (χ4v) is 5.28. The van der Waals surface area contributed by atoms with E-state index in [9.17, 15) is 29.1 Å². The summed E-state index contributed by atoms with van der Waals surface area (Å²) in [4.78, 5) is 78.4. The molecule has 1 atom stereocenters. The molecule has 4 N–H and O–H groups in total. The van der Waals surface area contributed by atoms with Crippen LogP contribution >= 0.6 is 0 Å². The van der Waals surface area contributed by atoms with Crippen molar-refractivity contribution in [1.82, 2.24) is 30.0 Å². The van der Waals surface area contributed by atoms with Gasteiger partial charge in [-0.15, -0.1) is 0 Å². The molecule has 1 aromatic carbocycles. The average molecular weight is 639 g/mol. The Kier molecular flexibility index (Phi) is 12.1. The van der Waals surface area contributed by atoms with Gasteiger partial charge in [-0.05, 0) is 12.8 Å². The number of anilines is 1. The highest BCUT2D eigenvalue weighted by Crippen LogP contribution is 2.22. The number of unbranched alkanes of at least 4 members (excludes halogenated alkanes) is 2. The van der Waals surface area contributed by atoms with Crippen LogP contribution in [-0.2, 0) is 14.3 Å². The number of aliphatic carboxylic acids is 1. The Hall–Kier alpha value is -4.95. The molecule has 1 aromatic heterocycles. The maximum atomic E-state index is 13.7. The first-order chi connectivity index (χ1) is 22.2. The molecule has 2 aliphatic rings. The second-order valence-electron chi connectivity index (χ2n) is 11.2. The summed E-state index contributed by atoms with van der Waals surface area (Å²) in [5.74, 6) is -1.44. The third-order valence-corrected chi connectivity index (χ3v) is 7.97. The summed E-state index contributed by atoms with van der Waals surface area (Å²) in [6.07, 6.45) is 1.88. The molecule has 5 amide bonds. The molecule has 46 heavy (non-hydrogen) atoms. The van der Waals surface area contributed by atoms with E-state index in [-0.39, 0.29) is 44.7 Å². The van der Waals surface area contributed by atoms with E-state index < -0.39 is 35.9 Å². The van der Waals surface area contributed by atoms with E-state index >= 15 is 0 Å². The van der Waals surface area contributed by atoms with E-state index in [4.69, 9.17) is 10.5 Å². The van der Waals surface area contributed by atoms with Crippen molar-refractivity contribution in [2.75, 3.05) is 63.9 Å². The Labute approximate surface area is 267 Å². The molecule has 0 aliphatic carbocycles. The number of nitrogens with zero attached hydrogens (tertiary/aromatic N) is 6. The van der Waals surface area contributed by atoms with Crippen LogP contribution in [-0.4, -0.2) is 125 Å². The maximum absolute atomic E-state index is 13.7. The summed E-state index contributed by atoms with van der Waals surface area (Å²) >= 11 is 0. The number of carboxylic acids is 1. The summed E-state index contributed by atoms with van der Waals surface area (Å²) in [5, 5.41) is 12.1. The van der Waals surface area contributed by atoms with Crippen molar-refractivity contribution in [3.8, 4) is 11.4 Å². The second-order valence-corrected chi connectivity index (χ2v) is 11.2. The molecule has 15 heteroatoms. The smallest absolute Gasteiger partial charge is 0.409 e. The first-order valence-electron chi connectivity index (χ1n) is 15.6. The van der Waals surface area contributed by atoms with Gasteiger partial charge in [-0.1, -0.05) is 50.1 Å². The van der Waals surface area contributed by atoms with Crippen LogP contribution in [0.4, 0.5) is 15.4 Å². The molecule has 0 saturated carbocycles. The van der Waals surface area contributed by atoms with Gasteiger partial charge < -0.3 is 40.5 Å². The number of carboxylic acid groups (broad SMARTS) is 1. The lowest BCUT2D eigenvalue weighted by atomic mass is 10.1. The molecule has 15 nitrogen and oxygen atoms in total. The average Bonchev–Trinajstić information content (AvgIpc) is 3.08. The van der Waals surface area contributed by atoms with Crippen molar-refractivity contribution in [2.24, 2.45) is 5.73 Å². The van der Waals surface area contributed by atoms with Crippen molar-refractivity contribution in [3.63, 3.8) is 0 Å². The summed E-state index contributed by atoms with van der Waals surface area (Å²) < 4.78 is 5.33. The Bertz CT molecular complexity index is 1380. The number of nitrogens with two attached hydrogens (primary N) is 1. The zero-order chi connectivity index (χ0) is 33.1. The first kappa shape index (κ1) is 33.9. The van der Waals surface area contributed by atoms with Gasteiger partial charge in [0.25, 0.3) is 5.91 Å². The number of aromatic nitrogens is 2. The van der Waals surface area contributed by atoms with Gasteiger partial charge in [0.1, 0.15) is 17.6 Å². The minimum absolute atomic E-state index is 0.00458. The number of benzene rings is 1. The Morgan fingerprint density at radius 1 is 0.913 bits per heavy atom. The van der Waals surface area contributed by atoms with E-state index in [2.05, 4.69) is 22.2 Å². The van der Waals surface area contributed by atoms with Gasteiger partial charge >= 0.3 is 18.1 Å². The third kappa shape index (κ3) is 9.28. The van der Waals surface area contributed by atoms with E-state index in [0.29, 0.717) is 50.0 Å². The molecule has 0 radical (unpaired) electrons. The minimum atomic E-state index is -1.13. The molecule has 4 rings (SSSR count). The van der Waals surface area contributed by atoms with Crippen LogP contribution in [0.5, 0.6) is 0 Å². The first-order valence-corrected chi connectivity index (χ1v) is 15.6. The lowest BCUT2D eigenvalue weighted by Gasteiger charge is -2.36. The van der Waals surface area contributed by atoms with Crippen molar-refractivity contribution in [1.29, 1.82) is 0 Å². The zero-order valence-electron chi connectivity index (χ0n) is 26.1. The van der Waals surface area contributed by atoms with Gasteiger partial charge in [-0.2, -0.15) is 0 Å². The fraction of sp³-hybridized carbons (Fsp3) is 0.516. The largest absolute Gasteiger partial charge is 0.481 e. The van der Waals surface area contributed by atoms with Crippen LogP contribution in [0.1, 0.15) is 49.5 Å². The molecule has 3 heterocycles. The molecule has 2 aliphatic heterocycles. The second kappa shape index (κ2) is 16.4. The lowest BCUT2D eigenvalue weighted by Crippen LogP contribution is -2.56. The number of amides is 5. The summed E-state index contributed by atoms with van der Waals surface area (Å²) in [6.45, 7) is 5.01. The van der Waals surface area contributed by atoms with Crippen LogP contribution in [0.15, 0.2) is 36.4 Å². The van der Waals surface area contributed by atoms with E-state index in [0.717, 1.165) is 19.3 Å². The molecule has 0 spiro atoms. The maximum Gasteiger partial charge on any atom is 0.409 e. The van der Waals surface area contributed by atoms with E-state index in [1.165, 1.54) is 20.8 Å². The van der Waals surface area contributed by atoms with Crippen LogP contribution in [0.3, 0.4) is 0 Å². The molecule has 0 unspecified atom stereocenters. The summed E-state index contributed by atoms with van der Waals surface area (Å²) in [5.41, 5.74) is 6.11. The van der Waals surface area contributed by atoms with Gasteiger partial charge in [0.15, 0.2) is 5.82 Å². The van der Waals surface area contributed by atoms with Crippen molar-refractivity contribution in [2.45, 2.75) is 45.1 Å². The number of hydrogen-bond acceptors (Lipinski definition) is 9. The lowest BCUT2D eigenvalue weighted by molar-refractivity contribution is -0.138. The van der Waals surface area contributed by atoms with Crippen molar-refractivity contribution >= 4 is 35.7 Å². The van der Waals surface area contributed by atoms with Crippen molar-refractivity contribution in [3.05, 3.63) is 42.1 Å². The molecular weight excluding hydrogens is 596 g/mol. The molecule has 248 valence electrons. The quantitative estimate of drug-likeness (QED) is 0.289. The number of carbonyl (C=O) groups excluding carboxylic acids is 4. The fourth-order valence-electron chi connectivity index (χ4n) is 5.28. The summed E-state index contributed by atoms with van der Waals surface area (Å²) in [7, 11) is 0. The van der Waals surface area contributed by atoms with Gasteiger partial charge in [0.05, 0.1) is 6.61 Å². The predicted octanol–water partition coefficient (Wildman–Crippen LogP) is 1.78. The highest BCUT2D eigenvalue weighted by Gasteiger charge is 2.32. The Morgan fingerprint density at radius 2 is 1.57 bits per heavy atom. The minimum Gasteiger partial charge on any atom is -0.481 e. The predicted molar refractivity (Wildman–Crippen MR) is 168 cm³/mol. The topological polar surface area (TPSA) is 192 Å². The molecule has 2 fully saturated rings. The number of ether oxygens (including phenoxy) is 1. The van der Waals surface area contributed by atoms with Gasteiger partial charge in [-0.25, -0.2) is 19.6 Å². The molecular formula is C31H42N8O7. The SMILES string of the molecule is CCCCCOC(=O)N1CCN(C(=O)[C@H](CCC(=O)O)NC(=O)c2cc(N3CCN(C(N)=O)CC3)nc(-c3ccccc3)n2)CC1. The number of primary amides is 1. The number of piperazine rings is 2. The van der Waals surface area contributed by atoms with Crippen LogP contribution in [0.2, 0.25) is 0 Å². The van der Waals surface area contributed by atoms with Gasteiger partial charge in [0, 0.05) is 70.4 Å². The third-order valence-electron chi connectivity index (χ3n) is 7.97. The number of nitrogens with one attached hydrogen (secondary N) is 1. The number of carbonyl (C=O) groups is 5. The van der Waals surface area contributed by atoms with Crippen LogP contribution in [0, 0.1) is 0 Å². The Balaban J connectivity index is 1.48. The highest BCUT2D eigenvalue weighted by molar-refractivity contribution is 5.97. The van der Waals surface area contributed by atoms with Crippen LogP contribution < -0.4 is 16.0 Å². The molecule has 0 bridgehead atoms. The summed E-state index contributed by atoms with van der Waals surface area (Å²) in [6, 6.07) is 9.00. The van der Waals surface area contributed by atoms with Gasteiger partial charge in [-0.3, -0.25) is 14.4 Å². The Morgan fingerprint density at radius 3 is 2.20 bits per heavy atom. The van der Waals surface area contributed by atoms with E-state index in [1.54, 1.807) is 0 Å². The number of hydrogen-bond donors (Lipinski definition) is 3. The van der Waals surface area contributed by atoms with Gasteiger partial charge in [0.2, 0.25) is 5.91 Å². The van der Waals surface area contributed by atoms with E-state index in [1.807, 2.05) is 35.2 Å². The molecule has 2 saturated heterocycles.